The zero-order valence-corrected chi connectivity index (χ0v) is 17.3. The average molecular weight is 423 g/mol. The third kappa shape index (κ3) is 4.71. The minimum Gasteiger partial charge on any atom is -0.489 e. The second-order valence-electron chi connectivity index (χ2n) is 7.33. The van der Waals surface area contributed by atoms with E-state index in [-0.39, 0.29) is 17.9 Å². The number of likely N-dealkylation sites (tertiary alicyclic amines) is 1. The first kappa shape index (κ1) is 20.2. The van der Waals surface area contributed by atoms with E-state index in [2.05, 4.69) is 9.97 Å². The largest absolute Gasteiger partial charge is 0.489 e. The third-order valence-electron chi connectivity index (χ3n) is 5.22. The molecule has 154 valence electrons. The van der Waals surface area contributed by atoms with Gasteiger partial charge in [0.05, 0.1) is 6.04 Å². The number of nitrogens with zero attached hydrogens (tertiary/aromatic N) is 3. The van der Waals surface area contributed by atoms with Crippen LogP contribution in [-0.2, 0) is 6.61 Å². The molecule has 7 heteroatoms. The minimum absolute atomic E-state index is 0.0234. The summed E-state index contributed by atoms with van der Waals surface area (Å²) in [6.45, 7) is 1.08. The maximum absolute atomic E-state index is 13.3. The van der Waals surface area contributed by atoms with Crippen molar-refractivity contribution in [3.63, 3.8) is 0 Å². The SMILES string of the molecule is Nc1ncc(C2CCCCN2C(=O)c2cccc(OCc3cccc(Cl)c3)c2)cn1. The first-order chi connectivity index (χ1) is 14.6. The van der Waals surface area contributed by atoms with Crippen LogP contribution in [0.2, 0.25) is 5.02 Å². The van der Waals surface area contributed by atoms with Crippen molar-refractivity contribution in [2.24, 2.45) is 0 Å². The van der Waals surface area contributed by atoms with E-state index in [0.717, 1.165) is 30.4 Å². The molecule has 2 heterocycles. The number of amides is 1. The maximum Gasteiger partial charge on any atom is 0.254 e. The zero-order valence-electron chi connectivity index (χ0n) is 16.5. The van der Waals surface area contributed by atoms with Crippen molar-refractivity contribution in [1.29, 1.82) is 0 Å². The summed E-state index contributed by atoms with van der Waals surface area (Å²) in [6.07, 6.45) is 6.33. The third-order valence-corrected chi connectivity index (χ3v) is 5.45. The van der Waals surface area contributed by atoms with Gasteiger partial charge in [-0.15, -0.1) is 0 Å². The van der Waals surface area contributed by atoms with Gasteiger partial charge in [0.25, 0.3) is 5.91 Å². The van der Waals surface area contributed by atoms with Crippen LogP contribution in [0.1, 0.15) is 46.8 Å². The minimum atomic E-state index is -0.0529. The van der Waals surface area contributed by atoms with Crippen LogP contribution in [0.15, 0.2) is 60.9 Å². The highest BCUT2D eigenvalue weighted by molar-refractivity contribution is 6.30. The van der Waals surface area contributed by atoms with Crippen molar-refractivity contribution in [3.05, 3.63) is 82.6 Å². The number of carbonyl (C=O) groups is 1. The molecule has 1 aliphatic heterocycles. The number of aromatic nitrogens is 2. The van der Waals surface area contributed by atoms with E-state index in [0.29, 0.717) is 29.5 Å². The van der Waals surface area contributed by atoms with Gasteiger partial charge in [-0.2, -0.15) is 0 Å². The van der Waals surface area contributed by atoms with Crippen LogP contribution in [0, 0.1) is 0 Å². The van der Waals surface area contributed by atoms with E-state index in [1.165, 1.54) is 0 Å². The van der Waals surface area contributed by atoms with Crippen LogP contribution in [0.5, 0.6) is 5.75 Å². The highest BCUT2D eigenvalue weighted by atomic mass is 35.5. The Labute approximate surface area is 180 Å². The standard InChI is InChI=1S/C23H23ClN4O2/c24-19-7-3-5-16(11-19)15-30-20-8-4-6-17(12-20)22(29)28-10-2-1-9-21(28)18-13-26-23(25)27-14-18/h3-8,11-14,21H,1-2,9-10,15H2,(H2,25,26,27). The Hall–Kier alpha value is -3.12. The number of hydrogen-bond donors (Lipinski definition) is 1. The molecule has 1 unspecified atom stereocenters. The Morgan fingerprint density at radius 2 is 1.93 bits per heavy atom. The van der Waals surface area contributed by atoms with E-state index in [9.17, 15) is 4.79 Å². The monoisotopic (exact) mass is 422 g/mol. The lowest BCUT2D eigenvalue weighted by molar-refractivity contribution is 0.0610. The molecule has 3 aromatic rings. The fraction of sp³-hybridized carbons (Fsp3) is 0.261. The number of piperidine rings is 1. The molecular formula is C23H23ClN4O2. The highest BCUT2D eigenvalue weighted by Crippen LogP contribution is 2.32. The summed E-state index contributed by atoms with van der Waals surface area (Å²) in [7, 11) is 0. The van der Waals surface area contributed by atoms with Crippen LogP contribution >= 0.6 is 11.6 Å². The van der Waals surface area contributed by atoms with E-state index in [4.69, 9.17) is 22.1 Å². The molecule has 0 bridgehead atoms. The Balaban J connectivity index is 1.50. The molecule has 1 saturated heterocycles. The fourth-order valence-corrected chi connectivity index (χ4v) is 3.93. The predicted molar refractivity (Wildman–Crippen MR) is 116 cm³/mol. The highest BCUT2D eigenvalue weighted by Gasteiger charge is 2.29. The molecule has 0 spiro atoms. The van der Waals surface area contributed by atoms with Crippen molar-refractivity contribution in [2.75, 3.05) is 12.3 Å². The van der Waals surface area contributed by atoms with Crippen LogP contribution in [0.25, 0.3) is 0 Å². The van der Waals surface area contributed by atoms with Gasteiger partial charge in [-0.3, -0.25) is 4.79 Å². The summed E-state index contributed by atoms with van der Waals surface area (Å²) in [5.41, 5.74) is 8.09. The fourth-order valence-electron chi connectivity index (χ4n) is 3.72. The predicted octanol–water partition coefficient (Wildman–Crippen LogP) is 4.66. The topological polar surface area (TPSA) is 81.3 Å². The van der Waals surface area contributed by atoms with Gasteiger partial charge < -0.3 is 15.4 Å². The maximum atomic E-state index is 13.3. The van der Waals surface area contributed by atoms with Crippen LogP contribution in [0.4, 0.5) is 5.95 Å². The summed E-state index contributed by atoms with van der Waals surface area (Å²) < 4.78 is 5.89. The van der Waals surface area contributed by atoms with E-state index in [1.54, 1.807) is 18.5 Å². The smallest absolute Gasteiger partial charge is 0.254 e. The quantitative estimate of drug-likeness (QED) is 0.646. The summed E-state index contributed by atoms with van der Waals surface area (Å²) in [5.74, 6) is 0.854. The molecule has 1 fully saturated rings. The van der Waals surface area contributed by atoms with Crippen molar-refractivity contribution in [1.82, 2.24) is 14.9 Å². The summed E-state index contributed by atoms with van der Waals surface area (Å²) in [4.78, 5) is 23.4. The number of ether oxygens (including phenoxy) is 1. The second-order valence-corrected chi connectivity index (χ2v) is 7.77. The van der Waals surface area contributed by atoms with Gasteiger partial charge in [-0.25, -0.2) is 9.97 Å². The van der Waals surface area contributed by atoms with Gasteiger partial charge in [0.2, 0.25) is 5.95 Å². The number of carbonyl (C=O) groups excluding carboxylic acids is 1. The molecule has 0 radical (unpaired) electrons. The number of halogens is 1. The van der Waals surface area contributed by atoms with Gasteiger partial charge in [0, 0.05) is 35.1 Å². The summed E-state index contributed by atoms with van der Waals surface area (Å²) in [6, 6.07) is 14.8. The lowest BCUT2D eigenvalue weighted by Gasteiger charge is -2.36. The first-order valence-corrected chi connectivity index (χ1v) is 10.3. The molecule has 1 aromatic heterocycles. The lowest BCUT2D eigenvalue weighted by atomic mass is 9.96. The number of hydrogen-bond acceptors (Lipinski definition) is 5. The second kappa shape index (κ2) is 9.13. The van der Waals surface area contributed by atoms with Crippen LogP contribution in [-0.4, -0.2) is 27.3 Å². The molecule has 6 nitrogen and oxygen atoms in total. The van der Waals surface area contributed by atoms with Crippen molar-refractivity contribution in [2.45, 2.75) is 31.9 Å². The zero-order chi connectivity index (χ0) is 20.9. The van der Waals surface area contributed by atoms with E-state index in [1.807, 2.05) is 47.4 Å². The molecular weight excluding hydrogens is 400 g/mol. The lowest BCUT2D eigenvalue weighted by Crippen LogP contribution is -2.38. The molecule has 1 amide bonds. The number of nitrogen functional groups attached to an aromatic ring is 1. The van der Waals surface area contributed by atoms with Gasteiger partial charge in [0.15, 0.2) is 0 Å². The number of anilines is 1. The van der Waals surface area contributed by atoms with Crippen molar-refractivity contribution >= 4 is 23.5 Å². The van der Waals surface area contributed by atoms with Gasteiger partial charge in [-0.1, -0.05) is 29.8 Å². The molecule has 2 aromatic carbocycles. The molecule has 4 rings (SSSR count). The normalized spacial score (nSPS) is 16.3. The first-order valence-electron chi connectivity index (χ1n) is 9.96. The molecule has 30 heavy (non-hydrogen) atoms. The molecule has 2 N–H and O–H groups in total. The van der Waals surface area contributed by atoms with Crippen LogP contribution in [0.3, 0.4) is 0 Å². The number of benzene rings is 2. The average Bonchev–Trinajstić information content (AvgIpc) is 2.78. The number of rotatable bonds is 5. The van der Waals surface area contributed by atoms with Crippen molar-refractivity contribution < 1.29 is 9.53 Å². The van der Waals surface area contributed by atoms with Crippen molar-refractivity contribution in [3.8, 4) is 5.75 Å². The van der Waals surface area contributed by atoms with Gasteiger partial charge in [0.1, 0.15) is 12.4 Å². The van der Waals surface area contributed by atoms with Gasteiger partial charge >= 0.3 is 0 Å². The Morgan fingerprint density at radius 1 is 1.13 bits per heavy atom. The summed E-state index contributed by atoms with van der Waals surface area (Å²) in [5, 5.41) is 0.669. The summed E-state index contributed by atoms with van der Waals surface area (Å²) >= 11 is 6.03. The molecule has 1 aliphatic rings. The molecule has 1 atom stereocenters. The van der Waals surface area contributed by atoms with E-state index >= 15 is 0 Å². The number of nitrogens with two attached hydrogens (primary N) is 1. The van der Waals surface area contributed by atoms with E-state index < -0.39 is 0 Å². The Morgan fingerprint density at radius 3 is 2.73 bits per heavy atom. The van der Waals surface area contributed by atoms with Crippen LogP contribution < -0.4 is 10.5 Å². The van der Waals surface area contributed by atoms with Gasteiger partial charge in [-0.05, 0) is 55.2 Å². The molecule has 0 aliphatic carbocycles. The Bertz CT molecular complexity index is 1030. The Kier molecular flexibility index (Phi) is 6.14. The molecule has 0 saturated carbocycles.